The highest BCUT2D eigenvalue weighted by Gasteiger charge is 2.14. The molecule has 0 aliphatic rings. The molecule has 0 aromatic carbocycles. The highest BCUT2D eigenvalue weighted by atomic mass is 16.1. The Balaban J connectivity index is 3.85. The minimum absolute atomic E-state index is 0.341. The molecule has 0 bridgehead atoms. The van der Waals surface area contributed by atoms with E-state index in [1.54, 1.807) is 19.0 Å². The van der Waals surface area contributed by atoms with Crippen LogP contribution in [0, 0.1) is 0 Å². The number of hydrogen-bond donors (Lipinski definition) is 2. The lowest BCUT2D eigenvalue weighted by Crippen LogP contribution is -2.50. The minimum atomic E-state index is -0.343. The first kappa shape index (κ1) is 9.39. The van der Waals surface area contributed by atoms with E-state index in [1.165, 1.54) is 0 Å². The van der Waals surface area contributed by atoms with Crippen LogP contribution in [0.5, 0.6) is 0 Å². The number of nitrogens with one attached hydrogen (secondary N) is 1. The van der Waals surface area contributed by atoms with Crippen molar-refractivity contribution >= 4 is 5.91 Å². The van der Waals surface area contributed by atoms with E-state index in [0.717, 1.165) is 6.54 Å². The van der Waals surface area contributed by atoms with Crippen LogP contribution >= 0.6 is 0 Å². The number of hydrogen-bond acceptors (Lipinski definition) is 3. The molecule has 4 nitrogen and oxygen atoms in total. The predicted octanol–water partition coefficient (Wildman–Crippen LogP) is -1.03. The van der Waals surface area contributed by atoms with Crippen LogP contribution in [0.3, 0.4) is 0 Å². The second-order valence-electron chi connectivity index (χ2n) is 2.33. The molecule has 4 heteroatoms. The number of amides is 1. The van der Waals surface area contributed by atoms with Crippen molar-refractivity contribution in [2.24, 2.45) is 5.73 Å². The molecule has 0 aromatic rings. The lowest BCUT2D eigenvalue weighted by atomic mass is 10.4. The Kier molecular flexibility index (Phi) is 3.99. The largest absolute Gasteiger partial charge is 0.367 e. The van der Waals surface area contributed by atoms with E-state index < -0.39 is 0 Å². The van der Waals surface area contributed by atoms with Crippen molar-refractivity contribution in [2.75, 3.05) is 20.6 Å². The maximum absolute atomic E-state index is 10.6. The summed E-state index contributed by atoms with van der Waals surface area (Å²) in [6.45, 7) is 2.67. The van der Waals surface area contributed by atoms with Crippen LogP contribution in [0.4, 0.5) is 0 Å². The first-order chi connectivity index (χ1) is 4.59. The summed E-state index contributed by atoms with van der Waals surface area (Å²) in [5.41, 5.74) is 5.08. The number of likely N-dealkylation sites (N-methyl/N-ethyl adjacent to an activating group) is 2. The summed E-state index contributed by atoms with van der Waals surface area (Å²) in [6, 6.07) is 0. The number of rotatable bonds is 4. The quantitative estimate of drug-likeness (QED) is 0.497. The summed E-state index contributed by atoms with van der Waals surface area (Å²) < 4.78 is 0. The van der Waals surface area contributed by atoms with Gasteiger partial charge in [-0.15, -0.1) is 0 Å². The summed E-state index contributed by atoms with van der Waals surface area (Å²) in [4.78, 5) is 12.4. The zero-order valence-corrected chi connectivity index (χ0v) is 6.72. The molecule has 0 heterocycles. The van der Waals surface area contributed by atoms with Crippen LogP contribution in [0.1, 0.15) is 6.92 Å². The molecule has 0 saturated carbocycles. The van der Waals surface area contributed by atoms with Crippen LogP contribution < -0.4 is 11.1 Å². The van der Waals surface area contributed by atoms with Crippen molar-refractivity contribution in [3.63, 3.8) is 0 Å². The van der Waals surface area contributed by atoms with Crippen LogP contribution in [-0.2, 0) is 4.79 Å². The number of nitrogens with zero attached hydrogens (tertiary/aromatic N) is 1. The van der Waals surface area contributed by atoms with Crippen molar-refractivity contribution in [3.8, 4) is 0 Å². The molecule has 0 rings (SSSR count). The Morgan fingerprint density at radius 2 is 2.20 bits per heavy atom. The monoisotopic (exact) mass is 145 g/mol. The lowest BCUT2D eigenvalue weighted by molar-refractivity contribution is -0.123. The Bertz CT molecular complexity index is 114. The van der Waals surface area contributed by atoms with E-state index in [-0.39, 0.29) is 12.1 Å². The highest BCUT2D eigenvalue weighted by molar-refractivity contribution is 5.79. The molecule has 1 atom stereocenters. The summed E-state index contributed by atoms with van der Waals surface area (Å²) >= 11 is 0. The van der Waals surface area contributed by atoms with E-state index in [2.05, 4.69) is 5.32 Å². The van der Waals surface area contributed by atoms with Crippen molar-refractivity contribution in [1.82, 2.24) is 10.2 Å². The Morgan fingerprint density at radius 1 is 1.70 bits per heavy atom. The molecule has 10 heavy (non-hydrogen) atoms. The van der Waals surface area contributed by atoms with E-state index in [1.807, 2.05) is 6.92 Å². The van der Waals surface area contributed by atoms with Gasteiger partial charge in [0.1, 0.15) is 6.17 Å². The van der Waals surface area contributed by atoms with Gasteiger partial charge in [0.25, 0.3) is 0 Å². The third-order valence-electron chi connectivity index (χ3n) is 1.18. The van der Waals surface area contributed by atoms with Gasteiger partial charge in [-0.25, -0.2) is 0 Å². The second-order valence-corrected chi connectivity index (χ2v) is 2.33. The number of nitrogens with two attached hydrogens (primary N) is 1. The molecule has 0 aromatic heterocycles. The third-order valence-corrected chi connectivity index (χ3v) is 1.18. The maximum Gasteiger partial charge on any atom is 0.249 e. The first-order valence-electron chi connectivity index (χ1n) is 3.28. The number of primary amides is 1. The van der Waals surface area contributed by atoms with Gasteiger partial charge in [0.05, 0.1) is 0 Å². The van der Waals surface area contributed by atoms with Gasteiger partial charge in [0.15, 0.2) is 0 Å². The van der Waals surface area contributed by atoms with Crippen molar-refractivity contribution in [2.45, 2.75) is 13.1 Å². The topological polar surface area (TPSA) is 58.4 Å². The third kappa shape index (κ3) is 2.80. The molecule has 0 radical (unpaired) electrons. The Hall–Kier alpha value is -0.610. The molecular weight excluding hydrogens is 130 g/mol. The van der Waals surface area contributed by atoms with Crippen LogP contribution in [-0.4, -0.2) is 37.6 Å². The average Bonchev–Trinajstić information content (AvgIpc) is 1.81. The molecule has 0 fully saturated rings. The lowest BCUT2D eigenvalue weighted by Gasteiger charge is -2.20. The van der Waals surface area contributed by atoms with E-state index in [0.29, 0.717) is 0 Å². The molecule has 0 aliphatic heterocycles. The second kappa shape index (κ2) is 4.24. The summed E-state index contributed by atoms with van der Waals surface area (Å²) in [5.74, 6) is -0.341. The molecule has 0 aliphatic carbocycles. The fourth-order valence-corrected chi connectivity index (χ4v) is 0.731. The maximum atomic E-state index is 10.6. The summed E-state index contributed by atoms with van der Waals surface area (Å²) in [5, 5.41) is 2.93. The summed E-state index contributed by atoms with van der Waals surface area (Å²) in [6.07, 6.45) is -0.343. The zero-order chi connectivity index (χ0) is 8.15. The van der Waals surface area contributed by atoms with Crippen LogP contribution in [0.2, 0.25) is 0 Å². The zero-order valence-electron chi connectivity index (χ0n) is 6.72. The molecule has 1 amide bonds. The van der Waals surface area contributed by atoms with Gasteiger partial charge in [-0.1, -0.05) is 6.92 Å². The minimum Gasteiger partial charge on any atom is -0.367 e. The standard InChI is InChI=1S/C6H15N3O/c1-4-8-6(5(7)10)9(2)3/h6,8H,4H2,1-3H3,(H2,7,10). The van der Waals surface area contributed by atoms with Gasteiger partial charge >= 0.3 is 0 Å². The fourth-order valence-electron chi connectivity index (χ4n) is 0.731. The average molecular weight is 145 g/mol. The predicted molar refractivity (Wildman–Crippen MR) is 40.3 cm³/mol. The SMILES string of the molecule is CCNC(C(N)=O)N(C)C. The van der Waals surface area contributed by atoms with Crippen LogP contribution in [0.25, 0.3) is 0 Å². The van der Waals surface area contributed by atoms with Gasteiger partial charge < -0.3 is 5.73 Å². The van der Waals surface area contributed by atoms with E-state index in [9.17, 15) is 4.79 Å². The number of carbonyl (C=O) groups is 1. The molecule has 0 saturated heterocycles. The van der Waals surface area contributed by atoms with Crippen molar-refractivity contribution in [1.29, 1.82) is 0 Å². The smallest absolute Gasteiger partial charge is 0.249 e. The molecule has 1 unspecified atom stereocenters. The molecular formula is C6H15N3O. The van der Waals surface area contributed by atoms with Crippen molar-refractivity contribution < 1.29 is 4.79 Å². The normalized spacial score (nSPS) is 13.6. The Labute approximate surface area is 61.4 Å². The van der Waals surface area contributed by atoms with Gasteiger partial charge in [-0.3, -0.25) is 15.0 Å². The Morgan fingerprint density at radius 3 is 2.30 bits per heavy atom. The molecule has 0 spiro atoms. The van der Waals surface area contributed by atoms with Crippen LogP contribution in [0.15, 0.2) is 0 Å². The van der Waals surface area contributed by atoms with Gasteiger partial charge in [0, 0.05) is 0 Å². The molecule has 60 valence electrons. The van der Waals surface area contributed by atoms with Gasteiger partial charge in [-0.2, -0.15) is 0 Å². The fraction of sp³-hybridized carbons (Fsp3) is 0.833. The van der Waals surface area contributed by atoms with Gasteiger partial charge in [0.2, 0.25) is 5.91 Å². The van der Waals surface area contributed by atoms with Gasteiger partial charge in [-0.05, 0) is 20.6 Å². The summed E-state index contributed by atoms with van der Waals surface area (Å²) in [7, 11) is 3.61. The highest BCUT2D eigenvalue weighted by Crippen LogP contribution is 1.84. The van der Waals surface area contributed by atoms with E-state index in [4.69, 9.17) is 5.73 Å². The van der Waals surface area contributed by atoms with Crippen molar-refractivity contribution in [3.05, 3.63) is 0 Å². The molecule has 3 N–H and O–H groups in total. The van der Waals surface area contributed by atoms with E-state index >= 15 is 0 Å². The number of carbonyl (C=O) groups excluding carboxylic acids is 1. The first-order valence-corrected chi connectivity index (χ1v) is 3.28.